The molecule has 1 saturated heterocycles. The number of morpholine rings is 1. The van der Waals surface area contributed by atoms with E-state index >= 15 is 0 Å². The van der Waals surface area contributed by atoms with Gasteiger partial charge in [0.15, 0.2) is 0 Å². The predicted octanol–water partition coefficient (Wildman–Crippen LogP) is 5.62. The molecule has 11 nitrogen and oxygen atoms in total. The quantitative estimate of drug-likeness (QED) is 0.388. The van der Waals surface area contributed by atoms with Crippen molar-refractivity contribution in [3.8, 4) is 5.75 Å². The summed E-state index contributed by atoms with van der Waals surface area (Å²) in [6.07, 6.45) is 2.23. The predicted molar refractivity (Wildman–Crippen MR) is 157 cm³/mol. The molecule has 4 rings (SSSR count). The summed E-state index contributed by atoms with van der Waals surface area (Å²) in [6, 6.07) is 3.69. The van der Waals surface area contributed by atoms with Crippen molar-refractivity contribution in [3.05, 3.63) is 41.3 Å². The number of hydrogen-bond donors (Lipinski definition) is 0. The summed E-state index contributed by atoms with van der Waals surface area (Å²) in [5.41, 5.74) is 2.80. The van der Waals surface area contributed by atoms with Crippen LogP contribution in [0.3, 0.4) is 0 Å². The monoisotopic (exact) mass is 567 g/mol. The molecule has 1 aliphatic heterocycles. The van der Waals surface area contributed by atoms with Crippen LogP contribution in [0.4, 0.5) is 21.0 Å². The first-order chi connectivity index (χ1) is 19.2. The Bertz CT molecular complexity index is 1430. The molecule has 222 valence electrons. The van der Waals surface area contributed by atoms with Crippen LogP contribution >= 0.6 is 0 Å². The Balaban J connectivity index is 1.90. The zero-order valence-electron chi connectivity index (χ0n) is 25.5. The van der Waals surface area contributed by atoms with Crippen LogP contribution < -0.4 is 14.5 Å². The van der Waals surface area contributed by atoms with Crippen LogP contribution in [0.15, 0.2) is 24.5 Å². The summed E-state index contributed by atoms with van der Waals surface area (Å²) in [7, 11) is 1.62. The largest absolute Gasteiger partial charge is 0.496 e. The lowest BCUT2D eigenvalue weighted by Crippen LogP contribution is -2.38. The van der Waals surface area contributed by atoms with Crippen molar-refractivity contribution >= 4 is 34.5 Å². The number of rotatable bonds is 5. The summed E-state index contributed by atoms with van der Waals surface area (Å²) in [5.74, 6) is 0.714. The van der Waals surface area contributed by atoms with E-state index in [1.807, 2.05) is 40.7 Å². The Hall–Kier alpha value is -3.86. The number of amides is 1. The maximum atomic E-state index is 13.8. The van der Waals surface area contributed by atoms with E-state index in [0.717, 1.165) is 22.2 Å². The lowest BCUT2D eigenvalue weighted by molar-refractivity contribution is 0.0521. The zero-order chi connectivity index (χ0) is 30.1. The topological polar surface area (TPSA) is 108 Å². The molecule has 3 heterocycles. The maximum absolute atomic E-state index is 13.8. The van der Waals surface area contributed by atoms with Crippen LogP contribution in [0.5, 0.6) is 5.75 Å². The van der Waals surface area contributed by atoms with Gasteiger partial charge in [-0.15, -0.1) is 0 Å². The Morgan fingerprint density at radius 1 is 1.00 bits per heavy atom. The van der Waals surface area contributed by atoms with Gasteiger partial charge in [0.1, 0.15) is 17.0 Å². The molecule has 0 aliphatic carbocycles. The van der Waals surface area contributed by atoms with E-state index in [-0.39, 0.29) is 6.54 Å². The van der Waals surface area contributed by atoms with Crippen molar-refractivity contribution < 1.29 is 28.5 Å². The third kappa shape index (κ3) is 6.90. The number of pyridine rings is 1. The van der Waals surface area contributed by atoms with Gasteiger partial charge in [0.05, 0.1) is 55.7 Å². The Morgan fingerprint density at radius 2 is 1.66 bits per heavy atom. The van der Waals surface area contributed by atoms with Gasteiger partial charge in [0.2, 0.25) is 0 Å². The molecule has 1 fully saturated rings. The van der Waals surface area contributed by atoms with E-state index in [9.17, 15) is 9.59 Å². The SMILES string of the molecule is COc1c(C)cnc(CN(C(=O)OC(C)(C)C)c2cc(N3CCOCC3)c3cnn(C(=O)OC(C)(C)C)c3c2)c1C. The zero-order valence-corrected chi connectivity index (χ0v) is 25.5. The first-order valence-corrected chi connectivity index (χ1v) is 13.8. The number of nitrogens with zero attached hydrogens (tertiary/aromatic N) is 5. The number of carbonyl (C=O) groups is 2. The van der Waals surface area contributed by atoms with Gasteiger partial charge in [-0.3, -0.25) is 9.88 Å². The first kappa shape index (κ1) is 30.1. The van der Waals surface area contributed by atoms with Gasteiger partial charge in [0.25, 0.3) is 0 Å². The second-order valence-corrected chi connectivity index (χ2v) is 12.1. The van der Waals surface area contributed by atoms with Gasteiger partial charge in [-0.05, 0) is 67.5 Å². The molecule has 41 heavy (non-hydrogen) atoms. The van der Waals surface area contributed by atoms with Crippen molar-refractivity contribution in [2.45, 2.75) is 73.1 Å². The molecule has 11 heteroatoms. The third-order valence-electron chi connectivity index (χ3n) is 6.55. The van der Waals surface area contributed by atoms with Gasteiger partial charge in [-0.2, -0.15) is 9.78 Å². The summed E-state index contributed by atoms with van der Waals surface area (Å²) in [4.78, 5) is 35.3. The number of methoxy groups -OCH3 is 1. The number of benzene rings is 1. The van der Waals surface area contributed by atoms with Gasteiger partial charge in [-0.25, -0.2) is 9.59 Å². The molecule has 0 saturated carbocycles. The fraction of sp³-hybridized carbons (Fsp3) is 0.533. The molecule has 1 amide bonds. The van der Waals surface area contributed by atoms with E-state index in [1.54, 1.807) is 46.3 Å². The maximum Gasteiger partial charge on any atom is 0.435 e. The third-order valence-corrected chi connectivity index (χ3v) is 6.55. The molecule has 0 N–H and O–H groups in total. The molecule has 0 unspecified atom stereocenters. The number of aryl methyl sites for hydroxylation is 1. The molecule has 1 aliphatic rings. The molecule has 1 aromatic carbocycles. The van der Waals surface area contributed by atoms with Crippen molar-refractivity contribution in [2.24, 2.45) is 0 Å². The number of ether oxygens (including phenoxy) is 4. The second-order valence-electron chi connectivity index (χ2n) is 12.1. The average Bonchev–Trinajstić information content (AvgIpc) is 3.31. The van der Waals surface area contributed by atoms with Gasteiger partial charge < -0.3 is 23.8 Å². The van der Waals surface area contributed by atoms with Crippen molar-refractivity contribution in [2.75, 3.05) is 43.2 Å². The first-order valence-electron chi connectivity index (χ1n) is 13.8. The average molecular weight is 568 g/mol. The summed E-state index contributed by atoms with van der Waals surface area (Å²) < 4.78 is 23.9. The van der Waals surface area contributed by atoms with Crippen LogP contribution in [0.25, 0.3) is 10.9 Å². The Morgan fingerprint density at radius 3 is 2.27 bits per heavy atom. The van der Waals surface area contributed by atoms with Crippen LogP contribution in [-0.2, 0) is 20.8 Å². The lowest BCUT2D eigenvalue weighted by atomic mass is 10.1. The van der Waals surface area contributed by atoms with E-state index in [1.165, 1.54) is 9.58 Å². The molecule has 0 spiro atoms. The molecule has 2 aromatic heterocycles. The highest BCUT2D eigenvalue weighted by molar-refractivity contribution is 6.01. The van der Waals surface area contributed by atoms with E-state index in [4.69, 9.17) is 18.9 Å². The van der Waals surface area contributed by atoms with Crippen molar-refractivity contribution in [1.82, 2.24) is 14.8 Å². The summed E-state index contributed by atoms with van der Waals surface area (Å²) >= 11 is 0. The minimum absolute atomic E-state index is 0.117. The summed E-state index contributed by atoms with van der Waals surface area (Å²) in [5, 5.41) is 5.15. The Kier molecular flexibility index (Phi) is 8.49. The standard InChI is InChI=1S/C30H41N5O6/c1-19-16-31-23(20(2)26(19)38-9)18-34(27(36)40-29(3,4)5)21-14-24(33-10-12-39-13-11-33)22-17-32-35(25(22)15-21)28(37)41-30(6,7)8/h14-17H,10-13,18H2,1-9H3. The van der Waals surface area contributed by atoms with Crippen LogP contribution in [-0.4, -0.2) is 71.6 Å². The highest BCUT2D eigenvalue weighted by Gasteiger charge is 2.29. The smallest absolute Gasteiger partial charge is 0.435 e. The second kappa shape index (κ2) is 11.6. The van der Waals surface area contributed by atoms with Gasteiger partial charge >= 0.3 is 12.2 Å². The van der Waals surface area contributed by atoms with Crippen LogP contribution in [0.1, 0.15) is 58.4 Å². The summed E-state index contributed by atoms with van der Waals surface area (Å²) in [6.45, 7) is 17.3. The number of fused-ring (bicyclic) bond motifs is 1. The van der Waals surface area contributed by atoms with E-state index in [2.05, 4.69) is 15.0 Å². The van der Waals surface area contributed by atoms with E-state index < -0.39 is 23.4 Å². The van der Waals surface area contributed by atoms with Gasteiger partial charge in [-0.1, -0.05) is 0 Å². The molecule has 3 aromatic rings. The Labute approximate surface area is 241 Å². The minimum Gasteiger partial charge on any atom is -0.496 e. The number of aromatic nitrogens is 3. The minimum atomic E-state index is -0.738. The van der Waals surface area contributed by atoms with Gasteiger partial charge in [0, 0.05) is 35.8 Å². The highest BCUT2D eigenvalue weighted by atomic mass is 16.6. The molecule has 0 atom stereocenters. The number of anilines is 2. The van der Waals surface area contributed by atoms with Crippen LogP contribution in [0, 0.1) is 13.8 Å². The fourth-order valence-electron chi connectivity index (χ4n) is 4.72. The molecule has 0 bridgehead atoms. The highest BCUT2D eigenvalue weighted by Crippen LogP contribution is 2.35. The van der Waals surface area contributed by atoms with Crippen molar-refractivity contribution in [3.63, 3.8) is 0 Å². The van der Waals surface area contributed by atoms with E-state index in [0.29, 0.717) is 49.0 Å². The van der Waals surface area contributed by atoms with Crippen LogP contribution in [0.2, 0.25) is 0 Å². The molecular formula is C30H41N5O6. The van der Waals surface area contributed by atoms with Crippen molar-refractivity contribution in [1.29, 1.82) is 0 Å². The fourth-order valence-corrected chi connectivity index (χ4v) is 4.72. The lowest BCUT2D eigenvalue weighted by Gasteiger charge is -2.32. The molecule has 0 radical (unpaired) electrons. The normalized spacial score (nSPS) is 14.2. The number of carbonyl (C=O) groups excluding carboxylic acids is 2. The molecular weight excluding hydrogens is 526 g/mol. The number of hydrogen-bond acceptors (Lipinski definition) is 9.